The van der Waals surface area contributed by atoms with Gasteiger partial charge in [0.05, 0.1) is 4.92 Å². The Hall–Kier alpha value is -2.48. The first-order valence-corrected chi connectivity index (χ1v) is 7.01. The lowest BCUT2D eigenvalue weighted by atomic mass is 10.0. The minimum absolute atomic E-state index is 0.150. The molecular formula is C14H18N4O4. The molecule has 118 valence electrons. The summed E-state index contributed by atoms with van der Waals surface area (Å²) in [5, 5.41) is 19.1. The monoisotopic (exact) mass is 306 g/mol. The Bertz CT molecular complexity index is 586. The zero-order chi connectivity index (χ0) is 16.1. The molecule has 1 unspecified atom stereocenters. The van der Waals surface area contributed by atoms with Crippen LogP contribution >= 0.6 is 0 Å². The first-order chi connectivity index (χ1) is 10.5. The molecule has 1 atom stereocenters. The second-order valence-electron chi connectivity index (χ2n) is 5.27. The Balaban J connectivity index is 1.88. The van der Waals surface area contributed by atoms with Gasteiger partial charge in [0.25, 0.3) is 11.6 Å². The highest BCUT2D eigenvalue weighted by molar-refractivity contribution is 5.97. The van der Waals surface area contributed by atoms with E-state index in [1.165, 1.54) is 24.3 Å². The molecule has 1 aliphatic heterocycles. The van der Waals surface area contributed by atoms with Crippen LogP contribution in [0.3, 0.4) is 0 Å². The number of carbonyl (C=O) groups is 2. The summed E-state index contributed by atoms with van der Waals surface area (Å²) in [6, 6.07) is 4.67. The maximum atomic E-state index is 12.0. The number of nitrogens with zero attached hydrogens (tertiary/aromatic N) is 1. The fourth-order valence-corrected chi connectivity index (χ4v) is 2.00. The highest BCUT2D eigenvalue weighted by atomic mass is 16.6. The zero-order valence-electron chi connectivity index (χ0n) is 12.2. The van der Waals surface area contributed by atoms with Gasteiger partial charge in [0, 0.05) is 43.2 Å². The first-order valence-electron chi connectivity index (χ1n) is 7.01. The first kappa shape index (κ1) is 15.9. The van der Waals surface area contributed by atoms with Gasteiger partial charge in [0.1, 0.15) is 6.04 Å². The number of amides is 2. The van der Waals surface area contributed by atoms with Crippen molar-refractivity contribution in [1.82, 2.24) is 16.0 Å². The van der Waals surface area contributed by atoms with Crippen LogP contribution in [0.1, 0.15) is 17.3 Å². The molecule has 1 aromatic carbocycles. The molecule has 0 saturated carbocycles. The normalized spacial score (nSPS) is 15.5. The van der Waals surface area contributed by atoms with E-state index in [2.05, 4.69) is 16.0 Å². The van der Waals surface area contributed by atoms with Crippen LogP contribution in [0.5, 0.6) is 0 Å². The summed E-state index contributed by atoms with van der Waals surface area (Å²) in [5.41, 5.74) is -0.0146. The highest BCUT2D eigenvalue weighted by Gasteiger charge is 2.21. The molecule has 1 saturated heterocycles. The topological polar surface area (TPSA) is 113 Å². The molecule has 1 aromatic rings. The Labute approximate surface area is 127 Å². The van der Waals surface area contributed by atoms with Crippen molar-refractivity contribution < 1.29 is 14.5 Å². The number of nitrogens with one attached hydrogen (secondary N) is 3. The van der Waals surface area contributed by atoms with Crippen LogP contribution in [-0.2, 0) is 4.79 Å². The van der Waals surface area contributed by atoms with E-state index >= 15 is 0 Å². The van der Waals surface area contributed by atoms with Crippen LogP contribution < -0.4 is 16.0 Å². The molecule has 2 rings (SSSR count). The largest absolute Gasteiger partial charge is 0.354 e. The fourth-order valence-electron chi connectivity index (χ4n) is 2.00. The molecule has 1 fully saturated rings. The summed E-state index contributed by atoms with van der Waals surface area (Å²) >= 11 is 0. The third-order valence-electron chi connectivity index (χ3n) is 3.49. The molecule has 8 heteroatoms. The van der Waals surface area contributed by atoms with Crippen molar-refractivity contribution in [1.29, 1.82) is 0 Å². The smallest absolute Gasteiger partial charge is 0.270 e. The van der Waals surface area contributed by atoms with Gasteiger partial charge in [-0.25, -0.2) is 0 Å². The van der Waals surface area contributed by atoms with Crippen molar-refractivity contribution in [3.05, 3.63) is 39.9 Å². The number of carbonyl (C=O) groups excluding carboxylic acids is 2. The van der Waals surface area contributed by atoms with E-state index in [0.29, 0.717) is 12.5 Å². The highest BCUT2D eigenvalue weighted by Crippen LogP contribution is 2.13. The second kappa shape index (κ2) is 6.99. The Morgan fingerprint density at radius 3 is 2.77 bits per heavy atom. The number of nitro groups is 1. The summed E-state index contributed by atoms with van der Waals surface area (Å²) in [6.45, 7) is 3.91. The molecule has 0 aromatic heterocycles. The van der Waals surface area contributed by atoms with Crippen LogP contribution in [0.2, 0.25) is 0 Å². The molecule has 2 amide bonds. The molecule has 0 radical (unpaired) electrons. The number of rotatable bonds is 6. The summed E-state index contributed by atoms with van der Waals surface area (Å²) < 4.78 is 0. The van der Waals surface area contributed by atoms with Gasteiger partial charge in [-0.2, -0.15) is 0 Å². The van der Waals surface area contributed by atoms with Gasteiger partial charge in [-0.05, 0) is 13.0 Å². The van der Waals surface area contributed by atoms with E-state index in [-0.39, 0.29) is 17.2 Å². The van der Waals surface area contributed by atoms with Crippen molar-refractivity contribution in [3.63, 3.8) is 0 Å². The van der Waals surface area contributed by atoms with Crippen LogP contribution in [0.15, 0.2) is 24.3 Å². The quantitative estimate of drug-likeness (QED) is 0.507. The van der Waals surface area contributed by atoms with Gasteiger partial charge in [-0.1, -0.05) is 6.07 Å². The van der Waals surface area contributed by atoms with E-state index in [9.17, 15) is 19.7 Å². The third-order valence-corrected chi connectivity index (χ3v) is 3.49. The molecule has 0 aliphatic carbocycles. The van der Waals surface area contributed by atoms with Gasteiger partial charge in [0.15, 0.2) is 0 Å². The van der Waals surface area contributed by atoms with Crippen molar-refractivity contribution in [2.24, 2.45) is 5.92 Å². The maximum absolute atomic E-state index is 12.0. The zero-order valence-corrected chi connectivity index (χ0v) is 12.2. The molecule has 0 bridgehead atoms. The van der Waals surface area contributed by atoms with Crippen LogP contribution in [0, 0.1) is 16.0 Å². The molecule has 1 aliphatic rings. The van der Waals surface area contributed by atoms with Crippen LogP contribution in [0.4, 0.5) is 5.69 Å². The number of hydrogen-bond donors (Lipinski definition) is 3. The average molecular weight is 306 g/mol. The SMILES string of the molecule is CC(NC(=O)c1cccc([N+](=O)[O-])c1)C(=O)NCC1CNC1. The van der Waals surface area contributed by atoms with E-state index in [4.69, 9.17) is 0 Å². The summed E-state index contributed by atoms with van der Waals surface area (Å²) in [5.74, 6) is -0.356. The lowest BCUT2D eigenvalue weighted by molar-refractivity contribution is -0.384. The minimum Gasteiger partial charge on any atom is -0.354 e. The molecular weight excluding hydrogens is 288 g/mol. The van der Waals surface area contributed by atoms with Crippen molar-refractivity contribution in [2.45, 2.75) is 13.0 Å². The van der Waals surface area contributed by atoms with Gasteiger partial charge in [-0.3, -0.25) is 19.7 Å². The number of hydrogen-bond acceptors (Lipinski definition) is 5. The van der Waals surface area contributed by atoms with Gasteiger partial charge < -0.3 is 16.0 Å². The Kier molecular flexibility index (Phi) is 5.05. The number of non-ortho nitro benzene ring substituents is 1. The van der Waals surface area contributed by atoms with Gasteiger partial charge in [-0.15, -0.1) is 0 Å². The number of benzene rings is 1. The molecule has 0 spiro atoms. The van der Waals surface area contributed by atoms with Crippen LogP contribution in [0.25, 0.3) is 0 Å². The molecule has 22 heavy (non-hydrogen) atoms. The predicted octanol–water partition coefficient (Wildman–Crippen LogP) is 0.0487. The van der Waals surface area contributed by atoms with Gasteiger partial charge in [0.2, 0.25) is 5.91 Å². The third kappa shape index (κ3) is 4.01. The standard InChI is InChI=1S/C14H18N4O4/c1-9(13(19)16-8-10-6-15-7-10)17-14(20)11-3-2-4-12(5-11)18(21)22/h2-5,9-10,15H,6-8H2,1H3,(H,16,19)(H,17,20). The fraction of sp³-hybridized carbons (Fsp3) is 0.429. The molecule has 8 nitrogen and oxygen atoms in total. The lowest BCUT2D eigenvalue weighted by Gasteiger charge is -2.27. The maximum Gasteiger partial charge on any atom is 0.270 e. The van der Waals surface area contributed by atoms with E-state index < -0.39 is 16.9 Å². The van der Waals surface area contributed by atoms with E-state index in [1.54, 1.807) is 6.92 Å². The average Bonchev–Trinajstić information content (AvgIpc) is 2.45. The molecule has 3 N–H and O–H groups in total. The summed E-state index contributed by atoms with van der Waals surface area (Å²) in [6.07, 6.45) is 0. The van der Waals surface area contributed by atoms with Crippen molar-refractivity contribution in [3.8, 4) is 0 Å². The summed E-state index contributed by atoms with van der Waals surface area (Å²) in [4.78, 5) is 34.0. The molecule has 1 heterocycles. The predicted molar refractivity (Wildman–Crippen MR) is 79.4 cm³/mol. The van der Waals surface area contributed by atoms with Crippen molar-refractivity contribution >= 4 is 17.5 Å². The van der Waals surface area contributed by atoms with E-state index in [0.717, 1.165) is 13.1 Å². The lowest BCUT2D eigenvalue weighted by Crippen LogP contribution is -2.51. The summed E-state index contributed by atoms with van der Waals surface area (Å²) in [7, 11) is 0. The Morgan fingerprint density at radius 1 is 1.45 bits per heavy atom. The van der Waals surface area contributed by atoms with Gasteiger partial charge >= 0.3 is 0 Å². The second-order valence-corrected chi connectivity index (χ2v) is 5.27. The van der Waals surface area contributed by atoms with Crippen LogP contribution in [-0.4, -0.2) is 42.4 Å². The van der Waals surface area contributed by atoms with E-state index in [1.807, 2.05) is 0 Å². The van der Waals surface area contributed by atoms with Crippen molar-refractivity contribution in [2.75, 3.05) is 19.6 Å². The number of nitro benzene ring substituents is 1. The minimum atomic E-state index is -0.709. The Morgan fingerprint density at radius 2 is 2.18 bits per heavy atom.